The van der Waals surface area contributed by atoms with Crippen molar-refractivity contribution in [2.45, 2.75) is 135 Å². The highest BCUT2D eigenvalue weighted by atomic mass is 14.8. The first kappa shape index (κ1) is 26.9. The van der Waals surface area contributed by atoms with Crippen molar-refractivity contribution in [2.75, 3.05) is 0 Å². The van der Waals surface area contributed by atoms with Crippen molar-refractivity contribution in [1.29, 1.82) is 0 Å². The van der Waals surface area contributed by atoms with Gasteiger partial charge in [0.05, 0.1) is 0 Å². The third-order valence-corrected chi connectivity index (χ3v) is 8.02. The second-order valence-electron chi connectivity index (χ2n) is 10.8. The summed E-state index contributed by atoms with van der Waals surface area (Å²) in [6.45, 7) is 2.30. The van der Waals surface area contributed by atoms with Gasteiger partial charge in [0.1, 0.15) is 5.82 Å². The summed E-state index contributed by atoms with van der Waals surface area (Å²) in [7, 11) is 0. The van der Waals surface area contributed by atoms with E-state index in [2.05, 4.69) is 41.2 Å². The predicted molar refractivity (Wildman–Crippen MR) is 146 cm³/mol. The highest BCUT2D eigenvalue weighted by Crippen LogP contribution is 2.36. The Kier molecular flexibility index (Phi) is 13.3. The van der Waals surface area contributed by atoms with Gasteiger partial charge in [0, 0.05) is 18.8 Å². The molecule has 0 N–H and O–H groups in total. The molecule has 0 aliphatic heterocycles. The first-order valence-electron chi connectivity index (χ1n) is 14.7. The Morgan fingerprint density at radius 2 is 1.38 bits per heavy atom. The van der Waals surface area contributed by atoms with Crippen molar-refractivity contribution in [3.63, 3.8) is 0 Å². The molecule has 0 bridgehead atoms. The highest BCUT2D eigenvalue weighted by molar-refractivity contribution is 5.34. The monoisotopic (exact) mass is 462 g/mol. The van der Waals surface area contributed by atoms with E-state index in [0.717, 1.165) is 24.1 Å². The standard InChI is InChI=1S/C32H50N2/c1-2-3-4-5-6-7-8-9-10-17-28(19-15-23-32-33-26-16-27-34-32)18-11-12-20-29-24-25-30-21-13-14-22-31(29)30/h13-14,16,21-22,26-29H,2-12,15,17-20,23-25H2,1H3. The van der Waals surface area contributed by atoms with Gasteiger partial charge in [-0.15, -0.1) is 0 Å². The summed E-state index contributed by atoms with van der Waals surface area (Å²) < 4.78 is 0. The van der Waals surface area contributed by atoms with Crippen LogP contribution in [0.15, 0.2) is 42.7 Å². The third kappa shape index (κ3) is 10.3. The van der Waals surface area contributed by atoms with E-state index in [1.54, 1.807) is 11.1 Å². The molecule has 0 saturated carbocycles. The molecule has 188 valence electrons. The fraction of sp³-hybridized carbons (Fsp3) is 0.688. The molecular formula is C32H50N2. The molecular weight excluding hydrogens is 412 g/mol. The van der Waals surface area contributed by atoms with E-state index in [0.29, 0.717) is 0 Å². The minimum Gasteiger partial charge on any atom is -0.241 e. The summed E-state index contributed by atoms with van der Waals surface area (Å²) in [5.74, 6) is 2.73. The maximum absolute atomic E-state index is 4.42. The van der Waals surface area contributed by atoms with Gasteiger partial charge in [0.15, 0.2) is 0 Å². The summed E-state index contributed by atoms with van der Waals surface area (Å²) in [5.41, 5.74) is 3.26. The summed E-state index contributed by atoms with van der Waals surface area (Å²) in [5, 5.41) is 0. The average molecular weight is 463 g/mol. The third-order valence-electron chi connectivity index (χ3n) is 8.02. The Morgan fingerprint density at radius 3 is 2.15 bits per heavy atom. The zero-order valence-electron chi connectivity index (χ0n) is 22.0. The van der Waals surface area contributed by atoms with Crippen LogP contribution in [0.2, 0.25) is 0 Å². The average Bonchev–Trinajstić information content (AvgIpc) is 3.29. The van der Waals surface area contributed by atoms with Gasteiger partial charge in [0.25, 0.3) is 0 Å². The summed E-state index contributed by atoms with van der Waals surface area (Å²) in [4.78, 5) is 8.85. The predicted octanol–water partition coefficient (Wildman–Crippen LogP) is 9.63. The number of hydrogen-bond donors (Lipinski definition) is 0. The summed E-state index contributed by atoms with van der Waals surface area (Å²) >= 11 is 0. The minimum atomic E-state index is 0.821. The first-order chi connectivity index (χ1) is 16.9. The number of aromatic nitrogens is 2. The summed E-state index contributed by atoms with van der Waals surface area (Å²) in [6.07, 6.45) is 29.9. The van der Waals surface area contributed by atoms with Crippen LogP contribution >= 0.6 is 0 Å². The Morgan fingerprint density at radius 1 is 0.735 bits per heavy atom. The molecule has 1 aliphatic rings. The van der Waals surface area contributed by atoms with E-state index in [-0.39, 0.29) is 0 Å². The second kappa shape index (κ2) is 16.8. The lowest BCUT2D eigenvalue weighted by molar-refractivity contribution is 0.369. The van der Waals surface area contributed by atoms with Gasteiger partial charge in [-0.1, -0.05) is 121 Å². The van der Waals surface area contributed by atoms with Gasteiger partial charge in [-0.05, 0) is 54.7 Å². The molecule has 3 rings (SSSR count). The molecule has 2 heteroatoms. The molecule has 0 spiro atoms. The number of unbranched alkanes of at least 4 members (excludes halogenated alkanes) is 9. The highest BCUT2D eigenvalue weighted by Gasteiger charge is 2.21. The molecule has 2 aromatic rings. The molecule has 1 heterocycles. The maximum atomic E-state index is 4.42. The van der Waals surface area contributed by atoms with E-state index in [1.165, 1.54) is 116 Å². The zero-order chi connectivity index (χ0) is 23.7. The lowest BCUT2D eigenvalue weighted by Crippen LogP contribution is -2.04. The van der Waals surface area contributed by atoms with E-state index in [9.17, 15) is 0 Å². The molecule has 0 fully saturated rings. The van der Waals surface area contributed by atoms with Crippen LogP contribution in [0.25, 0.3) is 0 Å². The van der Waals surface area contributed by atoms with Crippen molar-refractivity contribution < 1.29 is 0 Å². The fourth-order valence-electron chi connectivity index (χ4n) is 5.95. The Balaban J connectivity index is 1.32. The molecule has 1 aromatic heterocycles. The van der Waals surface area contributed by atoms with Gasteiger partial charge in [-0.25, -0.2) is 9.97 Å². The first-order valence-corrected chi connectivity index (χ1v) is 14.7. The quantitative estimate of drug-likeness (QED) is 0.194. The maximum Gasteiger partial charge on any atom is 0.128 e. The second-order valence-corrected chi connectivity index (χ2v) is 10.8. The van der Waals surface area contributed by atoms with Gasteiger partial charge in [0.2, 0.25) is 0 Å². The van der Waals surface area contributed by atoms with Gasteiger partial charge >= 0.3 is 0 Å². The molecule has 2 unspecified atom stereocenters. The van der Waals surface area contributed by atoms with Crippen LogP contribution in [-0.4, -0.2) is 9.97 Å². The number of benzene rings is 1. The molecule has 1 aromatic carbocycles. The van der Waals surface area contributed by atoms with Gasteiger partial charge in [-0.3, -0.25) is 0 Å². The Labute approximate surface area is 210 Å². The smallest absolute Gasteiger partial charge is 0.128 e. The molecule has 2 nitrogen and oxygen atoms in total. The van der Waals surface area contributed by atoms with E-state index < -0.39 is 0 Å². The minimum absolute atomic E-state index is 0.821. The van der Waals surface area contributed by atoms with Crippen molar-refractivity contribution in [2.24, 2.45) is 5.92 Å². The van der Waals surface area contributed by atoms with Crippen LogP contribution in [0.5, 0.6) is 0 Å². The molecule has 0 saturated heterocycles. The molecule has 34 heavy (non-hydrogen) atoms. The van der Waals surface area contributed by atoms with Gasteiger partial charge in [-0.2, -0.15) is 0 Å². The fourth-order valence-corrected chi connectivity index (χ4v) is 5.95. The lowest BCUT2D eigenvalue weighted by Gasteiger charge is -2.18. The van der Waals surface area contributed by atoms with E-state index >= 15 is 0 Å². The number of aryl methyl sites for hydroxylation is 2. The lowest BCUT2D eigenvalue weighted by atomic mass is 9.88. The van der Waals surface area contributed by atoms with Crippen LogP contribution in [0.1, 0.15) is 139 Å². The van der Waals surface area contributed by atoms with Crippen molar-refractivity contribution >= 4 is 0 Å². The largest absolute Gasteiger partial charge is 0.241 e. The molecule has 0 amide bonds. The van der Waals surface area contributed by atoms with Crippen LogP contribution in [0.3, 0.4) is 0 Å². The normalized spacial score (nSPS) is 16.0. The molecule has 2 atom stereocenters. The van der Waals surface area contributed by atoms with Crippen LogP contribution in [0.4, 0.5) is 0 Å². The van der Waals surface area contributed by atoms with Crippen molar-refractivity contribution in [3.05, 3.63) is 59.7 Å². The Bertz CT molecular complexity index is 757. The Hall–Kier alpha value is -1.70. The van der Waals surface area contributed by atoms with Crippen LogP contribution in [0, 0.1) is 5.92 Å². The number of rotatable bonds is 19. The number of fused-ring (bicyclic) bond motifs is 1. The zero-order valence-corrected chi connectivity index (χ0v) is 22.0. The number of nitrogens with zero attached hydrogens (tertiary/aromatic N) is 2. The topological polar surface area (TPSA) is 25.8 Å². The van der Waals surface area contributed by atoms with Crippen molar-refractivity contribution in [1.82, 2.24) is 9.97 Å². The molecule has 0 radical (unpaired) electrons. The summed E-state index contributed by atoms with van der Waals surface area (Å²) in [6, 6.07) is 11.1. The van der Waals surface area contributed by atoms with Gasteiger partial charge < -0.3 is 0 Å². The van der Waals surface area contributed by atoms with Crippen LogP contribution in [-0.2, 0) is 12.8 Å². The van der Waals surface area contributed by atoms with E-state index in [1.807, 2.05) is 18.5 Å². The SMILES string of the molecule is CCCCCCCCCCCC(CCCCC1CCc2ccccc21)CCCc1ncccn1. The molecule has 1 aliphatic carbocycles. The van der Waals surface area contributed by atoms with Crippen molar-refractivity contribution in [3.8, 4) is 0 Å². The van der Waals surface area contributed by atoms with E-state index in [4.69, 9.17) is 0 Å². The van der Waals surface area contributed by atoms with Crippen LogP contribution < -0.4 is 0 Å². The number of hydrogen-bond acceptors (Lipinski definition) is 2.